The summed E-state index contributed by atoms with van der Waals surface area (Å²) >= 11 is 0. The average molecular weight is 435 g/mol. The Morgan fingerprint density at radius 3 is 2.29 bits per heavy atom. The predicted octanol–water partition coefficient (Wildman–Crippen LogP) is 3.73. The number of ether oxygens (including phenoxy) is 2. The lowest BCUT2D eigenvalue weighted by molar-refractivity contribution is -0.125. The van der Waals surface area contributed by atoms with E-state index in [1.807, 2.05) is 20.8 Å². The van der Waals surface area contributed by atoms with Crippen LogP contribution in [0.3, 0.4) is 0 Å². The molecular formula is C24H42N4O3. The number of nitrogens with zero attached hydrogens (tertiary/aromatic N) is 1. The summed E-state index contributed by atoms with van der Waals surface area (Å²) in [4.78, 5) is 16.8. The number of rotatable bonds is 4. The van der Waals surface area contributed by atoms with Crippen LogP contribution in [0.4, 0.5) is 4.79 Å². The van der Waals surface area contributed by atoms with Gasteiger partial charge in [-0.25, -0.2) is 4.79 Å². The molecule has 3 N–H and O–H groups in total. The molecule has 7 heteroatoms. The third-order valence-electron chi connectivity index (χ3n) is 7.68. The van der Waals surface area contributed by atoms with Gasteiger partial charge < -0.3 is 25.4 Å². The van der Waals surface area contributed by atoms with E-state index in [0.717, 1.165) is 44.8 Å². The first kappa shape index (κ1) is 22.7. The standard InChI is InChI=1S/C24H42N4O3/c1-5-25-21(28-19-18-12-15-30-20(18)24(19)13-6-7-14-24)26-16-8-10-17(11-9-16)27-22(29)31-23(2,3)4/h16-20H,5-15H2,1-4H3,(H,27,29)(H2,25,26,28). The lowest BCUT2D eigenvalue weighted by Gasteiger charge is -2.57. The SMILES string of the molecule is CCN=C(NC1CCC(NC(=O)OC(C)(C)C)CC1)NC1C2CCOC2C12CCCC2. The molecule has 0 radical (unpaired) electrons. The lowest BCUT2D eigenvalue weighted by Crippen LogP contribution is -2.69. The number of carbonyl (C=O) groups is 1. The van der Waals surface area contributed by atoms with Crippen molar-refractivity contribution in [2.75, 3.05) is 13.2 Å². The number of amides is 1. The van der Waals surface area contributed by atoms with Gasteiger partial charge >= 0.3 is 6.09 Å². The van der Waals surface area contributed by atoms with E-state index in [1.165, 1.54) is 32.1 Å². The number of aliphatic imine (C=N–C) groups is 1. The van der Waals surface area contributed by atoms with Gasteiger partial charge in [0.05, 0.1) is 6.10 Å². The molecule has 0 bridgehead atoms. The second-order valence-electron chi connectivity index (χ2n) is 11.0. The van der Waals surface area contributed by atoms with Crippen LogP contribution in [-0.2, 0) is 9.47 Å². The molecule has 7 nitrogen and oxygen atoms in total. The first-order chi connectivity index (χ1) is 14.8. The van der Waals surface area contributed by atoms with E-state index in [1.54, 1.807) is 0 Å². The summed E-state index contributed by atoms with van der Waals surface area (Å²) in [7, 11) is 0. The van der Waals surface area contributed by atoms with Crippen molar-refractivity contribution < 1.29 is 14.3 Å². The Balaban J connectivity index is 1.28. The highest BCUT2D eigenvalue weighted by Crippen LogP contribution is 2.60. The van der Waals surface area contributed by atoms with Crippen LogP contribution in [0.2, 0.25) is 0 Å². The van der Waals surface area contributed by atoms with Crippen molar-refractivity contribution in [3.05, 3.63) is 0 Å². The summed E-state index contributed by atoms with van der Waals surface area (Å²) in [5, 5.41) is 10.6. The van der Waals surface area contributed by atoms with Crippen molar-refractivity contribution in [3.8, 4) is 0 Å². The molecule has 4 aliphatic rings. The summed E-state index contributed by atoms with van der Waals surface area (Å²) in [5.41, 5.74) is -0.131. The Morgan fingerprint density at radius 1 is 1.03 bits per heavy atom. The fourth-order valence-corrected chi connectivity index (χ4v) is 6.39. The lowest BCUT2D eigenvalue weighted by atomic mass is 9.54. The molecule has 1 spiro atoms. The van der Waals surface area contributed by atoms with Crippen molar-refractivity contribution in [3.63, 3.8) is 0 Å². The topological polar surface area (TPSA) is 84.0 Å². The molecule has 0 aromatic carbocycles. The summed E-state index contributed by atoms with van der Waals surface area (Å²) < 4.78 is 11.5. The predicted molar refractivity (Wildman–Crippen MR) is 122 cm³/mol. The third kappa shape index (κ3) is 4.96. The van der Waals surface area contributed by atoms with Gasteiger partial charge in [-0.15, -0.1) is 0 Å². The van der Waals surface area contributed by atoms with Crippen LogP contribution in [-0.4, -0.2) is 55.0 Å². The highest BCUT2D eigenvalue weighted by molar-refractivity contribution is 5.80. The Kier molecular flexibility index (Phi) is 6.71. The molecular weight excluding hydrogens is 392 g/mol. The monoisotopic (exact) mass is 434 g/mol. The van der Waals surface area contributed by atoms with Gasteiger partial charge in [0, 0.05) is 42.6 Å². The zero-order chi connectivity index (χ0) is 22.1. The highest BCUT2D eigenvalue weighted by Gasteiger charge is 2.65. The Labute approximate surface area is 187 Å². The number of fused-ring (bicyclic) bond motifs is 2. The van der Waals surface area contributed by atoms with Crippen LogP contribution < -0.4 is 16.0 Å². The zero-order valence-corrected chi connectivity index (χ0v) is 19.8. The molecule has 176 valence electrons. The number of guanidine groups is 1. The molecule has 4 rings (SSSR count). The molecule has 1 heterocycles. The molecule has 4 fully saturated rings. The van der Waals surface area contributed by atoms with Crippen molar-refractivity contribution in [1.29, 1.82) is 0 Å². The van der Waals surface area contributed by atoms with Crippen molar-refractivity contribution in [1.82, 2.24) is 16.0 Å². The number of alkyl carbamates (subject to hydrolysis) is 1. The normalized spacial score (nSPS) is 34.7. The number of hydrogen-bond donors (Lipinski definition) is 3. The maximum absolute atomic E-state index is 12.1. The van der Waals surface area contributed by atoms with Gasteiger partial charge in [-0.2, -0.15) is 0 Å². The molecule has 1 aliphatic heterocycles. The fourth-order valence-electron chi connectivity index (χ4n) is 6.39. The van der Waals surface area contributed by atoms with Crippen LogP contribution in [0.5, 0.6) is 0 Å². The quantitative estimate of drug-likeness (QED) is 0.464. The number of carbonyl (C=O) groups excluding carboxylic acids is 1. The maximum Gasteiger partial charge on any atom is 0.407 e. The minimum Gasteiger partial charge on any atom is -0.444 e. The summed E-state index contributed by atoms with van der Waals surface area (Å²) in [6.07, 6.45) is 10.5. The zero-order valence-electron chi connectivity index (χ0n) is 19.8. The summed E-state index contributed by atoms with van der Waals surface area (Å²) in [6.45, 7) is 9.47. The van der Waals surface area contributed by atoms with E-state index in [-0.39, 0.29) is 12.1 Å². The second kappa shape index (κ2) is 9.16. The van der Waals surface area contributed by atoms with Gasteiger partial charge in [-0.05, 0) is 72.6 Å². The van der Waals surface area contributed by atoms with E-state index in [0.29, 0.717) is 29.5 Å². The van der Waals surface area contributed by atoms with E-state index >= 15 is 0 Å². The molecule has 1 amide bonds. The van der Waals surface area contributed by atoms with Crippen LogP contribution in [0.25, 0.3) is 0 Å². The van der Waals surface area contributed by atoms with E-state index < -0.39 is 5.60 Å². The molecule has 31 heavy (non-hydrogen) atoms. The van der Waals surface area contributed by atoms with E-state index in [2.05, 4.69) is 22.9 Å². The van der Waals surface area contributed by atoms with E-state index in [4.69, 9.17) is 14.5 Å². The van der Waals surface area contributed by atoms with Gasteiger partial charge in [0.15, 0.2) is 5.96 Å². The summed E-state index contributed by atoms with van der Waals surface area (Å²) in [5.74, 6) is 1.60. The van der Waals surface area contributed by atoms with Crippen molar-refractivity contribution >= 4 is 12.1 Å². The number of hydrogen-bond acceptors (Lipinski definition) is 4. The van der Waals surface area contributed by atoms with Gasteiger partial charge in [0.25, 0.3) is 0 Å². The van der Waals surface area contributed by atoms with Gasteiger partial charge in [-0.1, -0.05) is 12.8 Å². The first-order valence-electron chi connectivity index (χ1n) is 12.5. The Hall–Kier alpha value is -1.50. The van der Waals surface area contributed by atoms with Crippen molar-refractivity contribution in [2.24, 2.45) is 16.3 Å². The Morgan fingerprint density at radius 2 is 1.68 bits per heavy atom. The highest BCUT2D eigenvalue weighted by atomic mass is 16.6. The largest absolute Gasteiger partial charge is 0.444 e. The maximum atomic E-state index is 12.1. The van der Waals surface area contributed by atoms with Crippen LogP contribution in [0, 0.1) is 11.3 Å². The van der Waals surface area contributed by atoms with Crippen molar-refractivity contribution in [2.45, 2.75) is 115 Å². The molecule has 3 atom stereocenters. The van der Waals surface area contributed by atoms with Crippen LogP contribution in [0.15, 0.2) is 4.99 Å². The van der Waals surface area contributed by atoms with Gasteiger partial charge in [0.1, 0.15) is 5.60 Å². The molecule has 3 unspecified atom stereocenters. The number of nitrogens with one attached hydrogen (secondary N) is 3. The fraction of sp³-hybridized carbons (Fsp3) is 0.917. The Bertz CT molecular complexity index is 660. The minimum absolute atomic E-state index is 0.192. The van der Waals surface area contributed by atoms with Crippen LogP contribution >= 0.6 is 0 Å². The van der Waals surface area contributed by atoms with Crippen LogP contribution in [0.1, 0.15) is 85.5 Å². The second-order valence-corrected chi connectivity index (χ2v) is 11.0. The first-order valence-corrected chi connectivity index (χ1v) is 12.5. The average Bonchev–Trinajstić information content (AvgIpc) is 3.35. The van der Waals surface area contributed by atoms with Gasteiger partial charge in [0.2, 0.25) is 0 Å². The smallest absolute Gasteiger partial charge is 0.407 e. The molecule has 3 aliphatic carbocycles. The minimum atomic E-state index is -0.457. The van der Waals surface area contributed by atoms with Gasteiger partial charge in [-0.3, -0.25) is 4.99 Å². The molecule has 3 saturated carbocycles. The third-order valence-corrected chi connectivity index (χ3v) is 7.68. The molecule has 0 aromatic heterocycles. The summed E-state index contributed by atoms with van der Waals surface area (Å²) in [6, 6.07) is 1.08. The molecule has 1 saturated heterocycles. The molecule has 0 aromatic rings. The van der Waals surface area contributed by atoms with E-state index in [9.17, 15) is 4.79 Å².